The van der Waals surface area contributed by atoms with Crippen LogP contribution in [-0.4, -0.2) is 48.2 Å². The lowest BCUT2D eigenvalue weighted by atomic mass is 9.95. The molecular weight excluding hydrogens is 216 g/mol. The molecule has 0 aromatic rings. The van der Waals surface area contributed by atoms with Gasteiger partial charge in [0.2, 0.25) is 5.91 Å². The molecule has 1 fully saturated rings. The van der Waals surface area contributed by atoms with Gasteiger partial charge in [-0.2, -0.15) is 0 Å². The lowest BCUT2D eigenvalue weighted by molar-refractivity contribution is -0.139. The van der Waals surface area contributed by atoms with Crippen molar-refractivity contribution in [2.24, 2.45) is 5.92 Å². The fourth-order valence-corrected chi connectivity index (χ4v) is 2.61. The zero-order valence-corrected chi connectivity index (χ0v) is 11.1. The molecule has 4 heteroatoms. The Morgan fingerprint density at radius 3 is 2.41 bits per heavy atom. The number of aliphatic hydroxyl groups is 1. The first-order valence-corrected chi connectivity index (χ1v) is 6.86. The van der Waals surface area contributed by atoms with E-state index in [2.05, 4.69) is 19.2 Å². The number of rotatable bonds is 6. The van der Waals surface area contributed by atoms with Crippen molar-refractivity contribution in [3.8, 4) is 0 Å². The minimum Gasteiger partial charge on any atom is -0.395 e. The third-order valence-electron chi connectivity index (χ3n) is 3.70. The summed E-state index contributed by atoms with van der Waals surface area (Å²) in [7, 11) is 0. The summed E-state index contributed by atoms with van der Waals surface area (Å²) >= 11 is 0. The zero-order chi connectivity index (χ0) is 12.7. The van der Waals surface area contributed by atoms with Crippen LogP contribution in [0.1, 0.15) is 39.5 Å². The van der Waals surface area contributed by atoms with Gasteiger partial charge >= 0.3 is 0 Å². The Kier molecular flexibility index (Phi) is 6.52. The SMILES string of the molecule is CCC(CC)N(CCO)C(=O)C1CCNCC1. The van der Waals surface area contributed by atoms with Gasteiger partial charge in [-0.05, 0) is 38.8 Å². The normalized spacial score (nSPS) is 17.4. The summed E-state index contributed by atoms with van der Waals surface area (Å²) in [5.41, 5.74) is 0. The van der Waals surface area contributed by atoms with Crippen LogP contribution in [0.25, 0.3) is 0 Å². The number of carbonyl (C=O) groups is 1. The highest BCUT2D eigenvalue weighted by atomic mass is 16.3. The van der Waals surface area contributed by atoms with Crippen molar-refractivity contribution in [1.29, 1.82) is 0 Å². The molecule has 1 amide bonds. The van der Waals surface area contributed by atoms with Crippen LogP contribution >= 0.6 is 0 Å². The molecule has 0 bridgehead atoms. The molecule has 17 heavy (non-hydrogen) atoms. The van der Waals surface area contributed by atoms with Gasteiger partial charge < -0.3 is 15.3 Å². The maximum atomic E-state index is 12.4. The Balaban J connectivity index is 2.63. The van der Waals surface area contributed by atoms with Crippen molar-refractivity contribution in [2.45, 2.75) is 45.6 Å². The van der Waals surface area contributed by atoms with Crippen molar-refractivity contribution >= 4 is 5.91 Å². The average molecular weight is 242 g/mol. The highest BCUT2D eigenvalue weighted by molar-refractivity contribution is 5.79. The largest absolute Gasteiger partial charge is 0.395 e. The van der Waals surface area contributed by atoms with Crippen LogP contribution in [0.15, 0.2) is 0 Å². The summed E-state index contributed by atoms with van der Waals surface area (Å²) in [5.74, 6) is 0.401. The fourth-order valence-electron chi connectivity index (χ4n) is 2.61. The topological polar surface area (TPSA) is 52.6 Å². The van der Waals surface area contributed by atoms with Crippen LogP contribution in [0.2, 0.25) is 0 Å². The molecule has 1 aliphatic heterocycles. The molecule has 1 rings (SSSR count). The molecular formula is C13H26N2O2. The van der Waals surface area contributed by atoms with Gasteiger partial charge in [0, 0.05) is 18.5 Å². The summed E-state index contributed by atoms with van der Waals surface area (Å²) in [4.78, 5) is 14.3. The Morgan fingerprint density at radius 2 is 1.94 bits per heavy atom. The predicted molar refractivity (Wildman–Crippen MR) is 68.8 cm³/mol. The molecule has 0 unspecified atom stereocenters. The zero-order valence-electron chi connectivity index (χ0n) is 11.1. The number of carbonyl (C=O) groups excluding carboxylic acids is 1. The van der Waals surface area contributed by atoms with E-state index in [4.69, 9.17) is 5.11 Å². The molecule has 0 radical (unpaired) electrons. The molecule has 1 heterocycles. The van der Waals surface area contributed by atoms with Gasteiger partial charge in [-0.25, -0.2) is 0 Å². The van der Waals surface area contributed by atoms with Crippen LogP contribution in [0.4, 0.5) is 0 Å². The Bertz CT molecular complexity index is 223. The average Bonchev–Trinajstić information content (AvgIpc) is 2.39. The molecule has 0 aliphatic carbocycles. The third-order valence-corrected chi connectivity index (χ3v) is 3.70. The molecule has 0 spiro atoms. The minimum absolute atomic E-state index is 0.0627. The number of nitrogens with zero attached hydrogens (tertiary/aromatic N) is 1. The molecule has 0 saturated carbocycles. The Morgan fingerprint density at radius 1 is 1.35 bits per heavy atom. The minimum atomic E-state index is 0.0627. The lowest BCUT2D eigenvalue weighted by Crippen LogP contribution is -2.47. The Labute approximate surface area is 104 Å². The van der Waals surface area contributed by atoms with Crippen LogP contribution < -0.4 is 5.32 Å². The maximum absolute atomic E-state index is 12.4. The van der Waals surface area contributed by atoms with Crippen LogP contribution in [0.5, 0.6) is 0 Å². The number of hydrogen-bond acceptors (Lipinski definition) is 3. The highest BCUT2D eigenvalue weighted by Gasteiger charge is 2.28. The molecule has 4 nitrogen and oxygen atoms in total. The van der Waals surface area contributed by atoms with Crippen LogP contribution in [-0.2, 0) is 4.79 Å². The number of aliphatic hydroxyl groups excluding tert-OH is 1. The maximum Gasteiger partial charge on any atom is 0.226 e. The number of piperidine rings is 1. The predicted octanol–water partition coefficient (Wildman–Crippen LogP) is 0.995. The van der Waals surface area contributed by atoms with E-state index in [-0.39, 0.29) is 24.5 Å². The van der Waals surface area contributed by atoms with Crippen molar-refractivity contribution in [2.75, 3.05) is 26.2 Å². The van der Waals surface area contributed by atoms with E-state index < -0.39 is 0 Å². The quantitative estimate of drug-likeness (QED) is 0.730. The van der Waals surface area contributed by atoms with E-state index in [0.29, 0.717) is 6.54 Å². The van der Waals surface area contributed by atoms with Gasteiger partial charge in [0.1, 0.15) is 0 Å². The van der Waals surface area contributed by atoms with Crippen molar-refractivity contribution < 1.29 is 9.90 Å². The van der Waals surface area contributed by atoms with E-state index >= 15 is 0 Å². The summed E-state index contributed by atoms with van der Waals surface area (Å²) in [6.45, 7) is 6.63. The summed E-state index contributed by atoms with van der Waals surface area (Å²) in [6, 6.07) is 0.282. The number of amides is 1. The van der Waals surface area contributed by atoms with Gasteiger partial charge in [-0.15, -0.1) is 0 Å². The lowest BCUT2D eigenvalue weighted by Gasteiger charge is -2.34. The summed E-state index contributed by atoms with van der Waals surface area (Å²) in [6.07, 6.45) is 3.79. The van der Waals surface area contributed by atoms with Gasteiger partial charge in [-0.3, -0.25) is 4.79 Å². The molecule has 100 valence electrons. The first-order valence-electron chi connectivity index (χ1n) is 6.86. The van der Waals surface area contributed by atoms with Crippen molar-refractivity contribution in [1.82, 2.24) is 10.2 Å². The van der Waals surface area contributed by atoms with Gasteiger partial charge in [0.25, 0.3) is 0 Å². The second-order valence-electron chi connectivity index (χ2n) is 4.75. The number of nitrogens with one attached hydrogen (secondary N) is 1. The van der Waals surface area contributed by atoms with E-state index in [9.17, 15) is 4.79 Å². The smallest absolute Gasteiger partial charge is 0.226 e. The molecule has 1 aliphatic rings. The van der Waals surface area contributed by atoms with E-state index in [1.165, 1.54) is 0 Å². The first kappa shape index (κ1) is 14.5. The van der Waals surface area contributed by atoms with Crippen LogP contribution in [0, 0.1) is 5.92 Å². The summed E-state index contributed by atoms with van der Waals surface area (Å²) in [5, 5.41) is 12.4. The van der Waals surface area contributed by atoms with E-state index in [0.717, 1.165) is 38.8 Å². The highest BCUT2D eigenvalue weighted by Crippen LogP contribution is 2.19. The van der Waals surface area contributed by atoms with Crippen LogP contribution in [0.3, 0.4) is 0 Å². The van der Waals surface area contributed by atoms with E-state index in [1.807, 2.05) is 4.90 Å². The molecule has 2 N–H and O–H groups in total. The standard InChI is InChI=1S/C13H26N2O2/c1-3-12(4-2)15(9-10-16)13(17)11-5-7-14-8-6-11/h11-12,14,16H,3-10H2,1-2H3. The second kappa shape index (κ2) is 7.67. The third kappa shape index (κ3) is 3.96. The summed E-state index contributed by atoms with van der Waals surface area (Å²) < 4.78 is 0. The molecule has 0 aromatic carbocycles. The monoisotopic (exact) mass is 242 g/mol. The van der Waals surface area contributed by atoms with Gasteiger partial charge in [0.15, 0.2) is 0 Å². The Hall–Kier alpha value is -0.610. The van der Waals surface area contributed by atoms with Crippen molar-refractivity contribution in [3.05, 3.63) is 0 Å². The molecule has 0 aromatic heterocycles. The number of hydrogen-bond donors (Lipinski definition) is 2. The second-order valence-corrected chi connectivity index (χ2v) is 4.75. The molecule has 1 saturated heterocycles. The first-order chi connectivity index (χ1) is 8.24. The van der Waals surface area contributed by atoms with Gasteiger partial charge in [0.05, 0.1) is 6.61 Å². The van der Waals surface area contributed by atoms with Crippen molar-refractivity contribution in [3.63, 3.8) is 0 Å². The van der Waals surface area contributed by atoms with Gasteiger partial charge in [-0.1, -0.05) is 13.8 Å². The fraction of sp³-hybridized carbons (Fsp3) is 0.923. The molecule has 0 atom stereocenters. The van der Waals surface area contributed by atoms with E-state index in [1.54, 1.807) is 0 Å².